The van der Waals surface area contributed by atoms with Crippen molar-refractivity contribution in [1.82, 2.24) is 14.8 Å². The normalized spacial score (nSPS) is 17.9. The molecule has 2 heterocycles. The molecule has 7 heteroatoms. The highest BCUT2D eigenvalue weighted by Gasteiger charge is 2.19. The van der Waals surface area contributed by atoms with Gasteiger partial charge in [0, 0.05) is 41.9 Å². The Morgan fingerprint density at radius 1 is 1.50 bits per heavy atom. The van der Waals surface area contributed by atoms with Crippen molar-refractivity contribution in [3.63, 3.8) is 0 Å². The zero-order valence-corrected chi connectivity index (χ0v) is 10.9. The Hall–Kier alpha value is -0.690. The van der Waals surface area contributed by atoms with Crippen LogP contribution in [-0.2, 0) is 17.3 Å². The average molecular weight is 260 g/mol. The van der Waals surface area contributed by atoms with Crippen LogP contribution in [0.4, 0.5) is 5.95 Å². The van der Waals surface area contributed by atoms with Gasteiger partial charge in [0.2, 0.25) is 5.95 Å². The molecule has 1 saturated heterocycles. The number of rotatable bonds is 3. The van der Waals surface area contributed by atoms with Gasteiger partial charge in [-0.1, -0.05) is 6.92 Å². The molecule has 0 aromatic carbocycles. The van der Waals surface area contributed by atoms with Crippen molar-refractivity contribution in [3.05, 3.63) is 4.77 Å². The van der Waals surface area contributed by atoms with Crippen molar-refractivity contribution >= 4 is 29.0 Å². The lowest BCUT2D eigenvalue weighted by Gasteiger charge is -2.27. The van der Waals surface area contributed by atoms with Gasteiger partial charge in [-0.3, -0.25) is 8.78 Å². The Kier molecular flexibility index (Phi) is 3.75. The van der Waals surface area contributed by atoms with Crippen LogP contribution in [0, 0.1) is 4.77 Å². The third-order valence-corrected chi connectivity index (χ3v) is 4.23. The fraction of sp³-hybridized carbons (Fsp3) is 0.778. The molecule has 1 N–H and O–H groups in total. The molecule has 1 aliphatic rings. The van der Waals surface area contributed by atoms with E-state index in [0.717, 1.165) is 43.5 Å². The van der Waals surface area contributed by atoms with E-state index < -0.39 is 10.8 Å². The number of hydrogen-bond donors (Lipinski definition) is 1. The Labute approximate surface area is 102 Å². The molecule has 0 saturated carbocycles. The quantitative estimate of drug-likeness (QED) is 0.821. The summed E-state index contributed by atoms with van der Waals surface area (Å²) in [4.78, 5) is 2.16. The molecule has 0 unspecified atom stereocenters. The Balaban J connectivity index is 2.20. The van der Waals surface area contributed by atoms with Crippen molar-refractivity contribution in [2.75, 3.05) is 29.5 Å². The van der Waals surface area contributed by atoms with Gasteiger partial charge < -0.3 is 4.90 Å². The highest BCUT2D eigenvalue weighted by atomic mass is 32.2. The van der Waals surface area contributed by atoms with Gasteiger partial charge >= 0.3 is 0 Å². The topological polar surface area (TPSA) is 53.9 Å². The molecule has 90 valence electrons. The molecule has 1 aromatic heterocycles. The molecule has 0 atom stereocenters. The van der Waals surface area contributed by atoms with E-state index in [2.05, 4.69) is 22.0 Å². The van der Waals surface area contributed by atoms with Gasteiger partial charge in [0.05, 0.1) is 0 Å². The van der Waals surface area contributed by atoms with Crippen LogP contribution in [0.3, 0.4) is 0 Å². The number of aromatic amines is 1. The summed E-state index contributed by atoms with van der Waals surface area (Å²) < 4.78 is 14.0. The molecular formula is C9H16N4OS2. The van der Waals surface area contributed by atoms with E-state index in [4.69, 9.17) is 12.2 Å². The molecule has 16 heavy (non-hydrogen) atoms. The van der Waals surface area contributed by atoms with E-state index in [1.165, 1.54) is 0 Å². The van der Waals surface area contributed by atoms with Crippen molar-refractivity contribution in [2.45, 2.75) is 19.9 Å². The predicted molar refractivity (Wildman–Crippen MR) is 67.8 cm³/mol. The highest BCUT2D eigenvalue weighted by Crippen LogP contribution is 2.14. The van der Waals surface area contributed by atoms with Gasteiger partial charge in [-0.15, -0.1) is 5.10 Å². The molecule has 1 aliphatic heterocycles. The molecule has 0 amide bonds. The number of nitrogens with one attached hydrogen (secondary N) is 1. The second-order valence-electron chi connectivity index (χ2n) is 3.82. The van der Waals surface area contributed by atoms with Crippen LogP contribution >= 0.6 is 12.2 Å². The molecule has 0 aliphatic carbocycles. The lowest BCUT2D eigenvalue weighted by Crippen LogP contribution is -2.39. The summed E-state index contributed by atoms with van der Waals surface area (Å²) in [7, 11) is -0.653. The van der Waals surface area contributed by atoms with E-state index >= 15 is 0 Å². The van der Waals surface area contributed by atoms with Gasteiger partial charge in [-0.25, -0.2) is 5.10 Å². The summed E-state index contributed by atoms with van der Waals surface area (Å²) >= 11 is 5.19. The number of H-pyrrole nitrogens is 1. The van der Waals surface area contributed by atoms with Crippen LogP contribution in [0.1, 0.15) is 13.3 Å². The van der Waals surface area contributed by atoms with Crippen LogP contribution in [0.2, 0.25) is 0 Å². The third-order valence-electron chi connectivity index (χ3n) is 2.65. The van der Waals surface area contributed by atoms with Crippen molar-refractivity contribution < 1.29 is 4.21 Å². The van der Waals surface area contributed by atoms with Gasteiger partial charge in [0.25, 0.3) is 0 Å². The number of hydrogen-bond acceptors (Lipinski definition) is 4. The summed E-state index contributed by atoms with van der Waals surface area (Å²) in [6, 6.07) is 0. The minimum atomic E-state index is -0.653. The highest BCUT2D eigenvalue weighted by molar-refractivity contribution is 7.85. The summed E-state index contributed by atoms with van der Waals surface area (Å²) in [6.45, 7) is 4.60. The van der Waals surface area contributed by atoms with Gasteiger partial charge in [-0.2, -0.15) is 0 Å². The molecule has 5 nitrogen and oxygen atoms in total. The minimum Gasteiger partial charge on any atom is -0.339 e. The maximum Gasteiger partial charge on any atom is 0.225 e. The minimum absolute atomic E-state index is 0.653. The van der Waals surface area contributed by atoms with Crippen LogP contribution in [-0.4, -0.2) is 43.6 Å². The molecule has 0 radical (unpaired) electrons. The lowest BCUT2D eigenvalue weighted by molar-refractivity contribution is 0.639. The van der Waals surface area contributed by atoms with Crippen molar-refractivity contribution in [3.8, 4) is 0 Å². The molecule has 2 rings (SSSR count). The SMILES string of the molecule is CCCn1c(N2CCS(=O)CC2)n[nH]c1=S. The van der Waals surface area contributed by atoms with Crippen LogP contribution in [0.15, 0.2) is 0 Å². The fourth-order valence-electron chi connectivity index (χ4n) is 1.81. The Morgan fingerprint density at radius 2 is 2.19 bits per heavy atom. The first-order valence-corrected chi connectivity index (χ1v) is 7.37. The van der Waals surface area contributed by atoms with Crippen molar-refractivity contribution in [2.24, 2.45) is 0 Å². The Bertz CT molecular complexity index is 429. The van der Waals surface area contributed by atoms with Gasteiger partial charge in [-0.05, 0) is 18.6 Å². The first-order valence-electron chi connectivity index (χ1n) is 5.47. The van der Waals surface area contributed by atoms with Crippen LogP contribution < -0.4 is 4.90 Å². The summed E-state index contributed by atoms with van der Waals surface area (Å²) in [5, 5.41) is 7.08. The molecule has 0 spiro atoms. The maximum atomic E-state index is 11.3. The predicted octanol–water partition coefficient (Wildman–Crippen LogP) is 0.919. The molecular weight excluding hydrogens is 244 g/mol. The fourth-order valence-corrected chi connectivity index (χ4v) is 3.08. The molecule has 1 fully saturated rings. The van der Waals surface area contributed by atoms with Crippen LogP contribution in [0.5, 0.6) is 0 Å². The monoisotopic (exact) mass is 260 g/mol. The average Bonchev–Trinajstić information content (AvgIpc) is 2.63. The van der Waals surface area contributed by atoms with E-state index in [1.807, 2.05) is 4.57 Å². The molecule has 1 aromatic rings. The number of aromatic nitrogens is 3. The zero-order chi connectivity index (χ0) is 11.5. The second kappa shape index (κ2) is 5.09. The first-order chi connectivity index (χ1) is 7.72. The largest absolute Gasteiger partial charge is 0.339 e. The van der Waals surface area contributed by atoms with Crippen molar-refractivity contribution in [1.29, 1.82) is 0 Å². The second-order valence-corrected chi connectivity index (χ2v) is 5.90. The molecule has 0 bridgehead atoms. The van der Waals surface area contributed by atoms with E-state index in [0.29, 0.717) is 4.77 Å². The Morgan fingerprint density at radius 3 is 2.81 bits per heavy atom. The maximum absolute atomic E-state index is 11.3. The summed E-state index contributed by atoms with van der Waals surface area (Å²) in [5.74, 6) is 2.35. The van der Waals surface area contributed by atoms with Gasteiger partial charge in [0.15, 0.2) is 4.77 Å². The van der Waals surface area contributed by atoms with Crippen LogP contribution in [0.25, 0.3) is 0 Å². The smallest absolute Gasteiger partial charge is 0.225 e. The van der Waals surface area contributed by atoms with E-state index in [-0.39, 0.29) is 0 Å². The van der Waals surface area contributed by atoms with E-state index in [9.17, 15) is 4.21 Å². The zero-order valence-electron chi connectivity index (χ0n) is 9.31. The van der Waals surface area contributed by atoms with E-state index in [1.54, 1.807) is 0 Å². The summed E-state index contributed by atoms with van der Waals surface area (Å²) in [6.07, 6.45) is 1.03. The standard InChI is InChI=1S/C9H16N4OS2/c1-2-3-13-8(10-11-9(13)15)12-4-6-16(14)7-5-12/h2-7H2,1H3,(H,11,15). The summed E-state index contributed by atoms with van der Waals surface area (Å²) in [5.41, 5.74) is 0. The number of nitrogens with zero attached hydrogens (tertiary/aromatic N) is 3. The first kappa shape index (κ1) is 11.8. The number of anilines is 1. The van der Waals surface area contributed by atoms with Gasteiger partial charge in [0.1, 0.15) is 0 Å². The third kappa shape index (κ3) is 2.35. The lowest BCUT2D eigenvalue weighted by atomic mass is 10.4.